The largest absolute Gasteiger partial charge is 0.348 e. The average Bonchev–Trinajstić information content (AvgIpc) is 2.38. The first-order chi connectivity index (χ1) is 8.65. The van der Waals surface area contributed by atoms with Crippen molar-refractivity contribution >= 4 is 29.6 Å². The van der Waals surface area contributed by atoms with E-state index in [1.807, 2.05) is 6.92 Å². The molecular formula is C12H14ClN3O2. The second-order valence-corrected chi connectivity index (χ2v) is 3.88. The summed E-state index contributed by atoms with van der Waals surface area (Å²) in [5, 5.41) is 6.62. The van der Waals surface area contributed by atoms with E-state index < -0.39 is 11.8 Å². The van der Waals surface area contributed by atoms with E-state index in [2.05, 4.69) is 15.8 Å². The number of carbonyl (C=O) groups excluding carboxylic acids is 2. The molecule has 0 aliphatic carbocycles. The Bertz CT molecular complexity index is 460. The van der Waals surface area contributed by atoms with Gasteiger partial charge in [-0.3, -0.25) is 9.59 Å². The number of rotatable bonds is 4. The van der Waals surface area contributed by atoms with Crippen molar-refractivity contribution in [1.29, 1.82) is 0 Å². The summed E-state index contributed by atoms with van der Waals surface area (Å²) < 4.78 is 0. The van der Waals surface area contributed by atoms with E-state index in [0.717, 1.165) is 6.42 Å². The molecule has 2 amide bonds. The topological polar surface area (TPSA) is 70.6 Å². The van der Waals surface area contributed by atoms with Gasteiger partial charge in [0.2, 0.25) is 0 Å². The van der Waals surface area contributed by atoms with E-state index in [4.69, 9.17) is 11.6 Å². The van der Waals surface area contributed by atoms with Crippen molar-refractivity contribution in [2.24, 2.45) is 5.10 Å². The van der Waals surface area contributed by atoms with Crippen LogP contribution in [0.2, 0.25) is 5.02 Å². The van der Waals surface area contributed by atoms with Gasteiger partial charge in [-0.25, -0.2) is 5.43 Å². The minimum atomic E-state index is -0.799. The average molecular weight is 268 g/mol. The first kappa shape index (κ1) is 14.2. The SMILES string of the molecule is CCCNC(=O)C(=O)NN=Cc1ccccc1Cl. The van der Waals surface area contributed by atoms with Crippen LogP contribution in [0.1, 0.15) is 18.9 Å². The van der Waals surface area contributed by atoms with E-state index in [1.54, 1.807) is 24.3 Å². The number of halogens is 1. The monoisotopic (exact) mass is 267 g/mol. The molecule has 0 saturated carbocycles. The van der Waals surface area contributed by atoms with Gasteiger partial charge < -0.3 is 5.32 Å². The van der Waals surface area contributed by atoms with Crippen molar-refractivity contribution in [3.8, 4) is 0 Å². The van der Waals surface area contributed by atoms with Crippen molar-refractivity contribution in [2.45, 2.75) is 13.3 Å². The molecule has 1 aromatic rings. The zero-order valence-corrected chi connectivity index (χ0v) is 10.7. The number of benzene rings is 1. The molecule has 0 atom stereocenters. The van der Waals surface area contributed by atoms with Crippen LogP contribution in [0.4, 0.5) is 0 Å². The summed E-state index contributed by atoms with van der Waals surface area (Å²) in [6.07, 6.45) is 2.15. The fraction of sp³-hybridized carbons (Fsp3) is 0.250. The molecule has 2 N–H and O–H groups in total. The highest BCUT2D eigenvalue weighted by molar-refractivity contribution is 6.35. The zero-order chi connectivity index (χ0) is 13.4. The number of hydrogen-bond donors (Lipinski definition) is 2. The van der Waals surface area contributed by atoms with Gasteiger partial charge in [0, 0.05) is 17.1 Å². The molecule has 96 valence electrons. The lowest BCUT2D eigenvalue weighted by atomic mass is 10.2. The highest BCUT2D eigenvalue weighted by atomic mass is 35.5. The van der Waals surface area contributed by atoms with Gasteiger partial charge in [0.1, 0.15) is 0 Å². The molecule has 0 aliphatic rings. The lowest BCUT2D eigenvalue weighted by Gasteiger charge is -2.01. The summed E-state index contributed by atoms with van der Waals surface area (Å²) in [5.74, 6) is -1.50. The van der Waals surface area contributed by atoms with Crippen molar-refractivity contribution in [3.05, 3.63) is 34.9 Å². The fourth-order valence-electron chi connectivity index (χ4n) is 1.11. The fourth-order valence-corrected chi connectivity index (χ4v) is 1.29. The Balaban J connectivity index is 2.48. The summed E-state index contributed by atoms with van der Waals surface area (Å²) >= 11 is 5.89. The number of hydrazone groups is 1. The molecule has 5 nitrogen and oxygen atoms in total. The minimum Gasteiger partial charge on any atom is -0.348 e. The van der Waals surface area contributed by atoms with Crippen LogP contribution >= 0.6 is 11.6 Å². The van der Waals surface area contributed by atoms with Gasteiger partial charge in [-0.2, -0.15) is 5.10 Å². The maximum atomic E-state index is 11.3. The molecule has 18 heavy (non-hydrogen) atoms. The van der Waals surface area contributed by atoms with Gasteiger partial charge in [-0.05, 0) is 12.5 Å². The molecule has 0 aromatic heterocycles. The van der Waals surface area contributed by atoms with E-state index in [9.17, 15) is 9.59 Å². The van der Waals surface area contributed by atoms with Crippen LogP contribution in [0.5, 0.6) is 0 Å². The van der Waals surface area contributed by atoms with Crippen LogP contribution < -0.4 is 10.7 Å². The molecule has 6 heteroatoms. The third-order valence-corrected chi connectivity index (χ3v) is 2.36. The molecule has 0 fully saturated rings. The Kier molecular flexibility index (Phi) is 5.87. The maximum Gasteiger partial charge on any atom is 0.329 e. The van der Waals surface area contributed by atoms with Crippen LogP contribution in [0.25, 0.3) is 0 Å². The smallest absolute Gasteiger partial charge is 0.329 e. The Morgan fingerprint density at radius 3 is 2.72 bits per heavy atom. The maximum absolute atomic E-state index is 11.3. The molecule has 0 unspecified atom stereocenters. The molecule has 1 rings (SSSR count). The molecule has 0 spiro atoms. The molecule has 0 aliphatic heterocycles. The highest BCUT2D eigenvalue weighted by Crippen LogP contribution is 2.11. The van der Waals surface area contributed by atoms with Crippen LogP contribution in [0.15, 0.2) is 29.4 Å². The van der Waals surface area contributed by atoms with E-state index in [0.29, 0.717) is 17.1 Å². The molecule has 1 aromatic carbocycles. The third-order valence-electron chi connectivity index (χ3n) is 2.02. The Hall–Kier alpha value is -1.88. The van der Waals surface area contributed by atoms with Gasteiger partial charge in [0.15, 0.2) is 0 Å². The predicted octanol–water partition coefficient (Wildman–Crippen LogP) is 1.32. The first-order valence-electron chi connectivity index (χ1n) is 5.51. The van der Waals surface area contributed by atoms with Crippen LogP contribution in [-0.2, 0) is 9.59 Å². The predicted molar refractivity (Wildman–Crippen MR) is 70.5 cm³/mol. The highest BCUT2D eigenvalue weighted by Gasteiger charge is 2.10. The summed E-state index contributed by atoms with van der Waals surface area (Å²) in [5.41, 5.74) is 2.79. The van der Waals surface area contributed by atoms with Crippen LogP contribution in [-0.4, -0.2) is 24.6 Å². The number of nitrogens with one attached hydrogen (secondary N) is 2. The Morgan fingerprint density at radius 1 is 1.33 bits per heavy atom. The standard InChI is InChI=1S/C12H14ClN3O2/c1-2-7-14-11(17)12(18)16-15-8-9-5-3-4-6-10(9)13/h3-6,8H,2,7H2,1H3,(H,14,17)(H,16,18). The van der Waals surface area contributed by atoms with Crippen molar-refractivity contribution < 1.29 is 9.59 Å². The van der Waals surface area contributed by atoms with Gasteiger partial charge in [-0.1, -0.05) is 36.7 Å². The summed E-state index contributed by atoms with van der Waals surface area (Å²) in [6, 6.07) is 7.04. The summed E-state index contributed by atoms with van der Waals surface area (Å²) in [4.78, 5) is 22.4. The van der Waals surface area contributed by atoms with Gasteiger partial charge in [-0.15, -0.1) is 0 Å². The van der Waals surface area contributed by atoms with Gasteiger partial charge in [0.25, 0.3) is 0 Å². The number of amides is 2. The van der Waals surface area contributed by atoms with E-state index in [1.165, 1.54) is 6.21 Å². The second-order valence-electron chi connectivity index (χ2n) is 3.48. The summed E-state index contributed by atoms with van der Waals surface area (Å²) in [6.45, 7) is 2.36. The molecule has 0 heterocycles. The number of nitrogens with zero attached hydrogens (tertiary/aromatic N) is 1. The molecule has 0 saturated heterocycles. The van der Waals surface area contributed by atoms with Crippen molar-refractivity contribution in [3.63, 3.8) is 0 Å². The van der Waals surface area contributed by atoms with Crippen molar-refractivity contribution in [1.82, 2.24) is 10.7 Å². The summed E-state index contributed by atoms with van der Waals surface area (Å²) in [7, 11) is 0. The number of carbonyl (C=O) groups is 2. The van der Waals surface area contributed by atoms with Crippen molar-refractivity contribution in [2.75, 3.05) is 6.54 Å². The minimum absolute atomic E-state index is 0.459. The molecule has 0 radical (unpaired) electrons. The third kappa shape index (κ3) is 4.55. The van der Waals surface area contributed by atoms with Crippen LogP contribution in [0.3, 0.4) is 0 Å². The van der Waals surface area contributed by atoms with E-state index >= 15 is 0 Å². The number of hydrogen-bond acceptors (Lipinski definition) is 3. The van der Waals surface area contributed by atoms with Crippen LogP contribution in [0, 0.1) is 0 Å². The normalized spacial score (nSPS) is 10.3. The second kappa shape index (κ2) is 7.45. The Morgan fingerprint density at radius 2 is 2.06 bits per heavy atom. The van der Waals surface area contributed by atoms with Gasteiger partial charge in [0.05, 0.1) is 6.21 Å². The van der Waals surface area contributed by atoms with Gasteiger partial charge >= 0.3 is 11.8 Å². The first-order valence-corrected chi connectivity index (χ1v) is 5.88. The quantitative estimate of drug-likeness (QED) is 0.491. The zero-order valence-electron chi connectivity index (χ0n) is 9.94. The Labute approximate surface area is 110 Å². The molecular weight excluding hydrogens is 254 g/mol. The molecule has 0 bridgehead atoms. The van der Waals surface area contributed by atoms with E-state index in [-0.39, 0.29) is 0 Å². The lowest BCUT2D eigenvalue weighted by molar-refractivity contribution is -0.139. The lowest BCUT2D eigenvalue weighted by Crippen LogP contribution is -2.38.